The molecule has 1 aliphatic heterocycles. The van der Waals surface area contributed by atoms with Crippen LogP contribution in [-0.4, -0.2) is 41.3 Å². The van der Waals surface area contributed by atoms with Crippen LogP contribution in [0.5, 0.6) is 11.5 Å². The minimum absolute atomic E-state index is 0.122. The van der Waals surface area contributed by atoms with E-state index in [0.717, 1.165) is 17.5 Å². The molecule has 1 N–H and O–H groups in total. The lowest BCUT2D eigenvalue weighted by Crippen LogP contribution is -2.30. The first-order valence-corrected chi connectivity index (χ1v) is 13.2. The lowest BCUT2D eigenvalue weighted by atomic mass is 10.1. The number of amides is 2. The molecule has 0 aliphatic carbocycles. The second kappa shape index (κ2) is 12.5. The molecule has 0 radical (unpaired) electrons. The first kappa shape index (κ1) is 27.0. The fourth-order valence-corrected chi connectivity index (χ4v) is 5.31. The summed E-state index contributed by atoms with van der Waals surface area (Å²) in [6.45, 7) is 0.264. The number of hydrogen-bond donors (Lipinski definition) is 1. The standard InChI is InChI=1S/C27H22Cl2N2O4S2/c1-34-23-13-18(7-10-22(23)35-16-25(32)30-21-9-8-19(28)15-20(21)29)14-24-26(33)31(27(36)37-24)12-11-17-5-3-2-4-6-17/h2-10,13-15H,11-12,16H2,1H3,(H,30,32)/b24-14-. The van der Waals surface area contributed by atoms with E-state index < -0.39 is 5.91 Å². The number of carbonyl (C=O) groups excluding carboxylic acids is 2. The second-order valence-electron chi connectivity index (χ2n) is 7.94. The maximum absolute atomic E-state index is 13.0. The van der Waals surface area contributed by atoms with Crippen LogP contribution in [0.25, 0.3) is 6.08 Å². The van der Waals surface area contributed by atoms with Crippen molar-refractivity contribution >= 4 is 75.1 Å². The van der Waals surface area contributed by atoms with E-state index in [-0.39, 0.29) is 12.5 Å². The van der Waals surface area contributed by atoms with Crippen molar-refractivity contribution in [1.82, 2.24) is 4.90 Å². The van der Waals surface area contributed by atoms with Crippen LogP contribution in [0.15, 0.2) is 71.6 Å². The molecule has 1 heterocycles. The zero-order chi connectivity index (χ0) is 26.4. The molecule has 0 atom stereocenters. The number of hydrogen-bond acceptors (Lipinski definition) is 6. The summed E-state index contributed by atoms with van der Waals surface area (Å²) in [4.78, 5) is 27.5. The highest BCUT2D eigenvalue weighted by Crippen LogP contribution is 2.35. The molecule has 0 aromatic heterocycles. The smallest absolute Gasteiger partial charge is 0.266 e. The molecule has 0 bridgehead atoms. The number of nitrogens with one attached hydrogen (secondary N) is 1. The Morgan fingerprint density at radius 2 is 1.86 bits per heavy atom. The molecule has 1 saturated heterocycles. The molecular formula is C27H22Cl2N2O4S2. The summed E-state index contributed by atoms with van der Waals surface area (Å²) >= 11 is 18.7. The summed E-state index contributed by atoms with van der Waals surface area (Å²) in [5.74, 6) is 0.287. The van der Waals surface area contributed by atoms with Gasteiger partial charge in [-0.15, -0.1) is 0 Å². The van der Waals surface area contributed by atoms with Crippen LogP contribution in [0.4, 0.5) is 5.69 Å². The number of nitrogens with zero attached hydrogens (tertiary/aromatic N) is 1. The average Bonchev–Trinajstić information content (AvgIpc) is 3.15. The zero-order valence-electron chi connectivity index (χ0n) is 19.7. The van der Waals surface area contributed by atoms with Crippen molar-refractivity contribution < 1.29 is 19.1 Å². The van der Waals surface area contributed by atoms with Gasteiger partial charge >= 0.3 is 0 Å². The number of thiocarbonyl (C=S) groups is 1. The summed E-state index contributed by atoms with van der Waals surface area (Å²) < 4.78 is 11.6. The molecule has 10 heteroatoms. The Morgan fingerprint density at radius 1 is 1.08 bits per heavy atom. The highest BCUT2D eigenvalue weighted by atomic mass is 35.5. The van der Waals surface area contributed by atoms with Gasteiger partial charge in [-0.2, -0.15) is 0 Å². The summed E-state index contributed by atoms with van der Waals surface area (Å²) in [6, 6.07) is 19.9. The Balaban J connectivity index is 1.39. The number of methoxy groups -OCH3 is 1. The second-order valence-corrected chi connectivity index (χ2v) is 10.5. The maximum Gasteiger partial charge on any atom is 0.266 e. The van der Waals surface area contributed by atoms with Crippen LogP contribution in [0.3, 0.4) is 0 Å². The van der Waals surface area contributed by atoms with E-state index in [0.29, 0.717) is 43.0 Å². The van der Waals surface area contributed by atoms with E-state index in [1.54, 1.807) is 47.4 Å². The SMILES string of the molecule is COc1cc(/C=C2\SC(=S)N(CCc3ccccc3)C2=O)ccc1OCC(=O)Nc1ccc(Cl)cc1Cl. The number of carbonyl (C=O) groups is 2. The van der Waals surface area contributed by atoms with Gasteiger partial charge < -0.3 is 14.8 Å². The molecule has 4 rings (SSSR count). The van der Waals surface area contributed by atoms with Crippen LogP contribution >= 0.6 is 47.2 Å². The average molecular weight is 574 g/mol. The van der Waals surface area contributed by atoms with Crippen molar-refractivity contribution in [2.75, 3.05) is 25.6 Å². The number of benzene rings is 3. The van der Waals surface area contributed by atoms with Gasteiger partial charge in [0.1, 0.15) is 4.32 Å². The first-order valence-electron chi connectivity index (χ1n) is 11.2. The Morgan fingerprint density at radius 3 is 2.59 bits per heavy atom. The normalized spacial score (nSPS) is 14.2. The number of rotatable bonds is 9. The number of halogens is 2. The van der Waals surface area contributed by atoms with E-state index >= 15 is 0 Å². The highest BCUT2D eigenvalue weighted by molar-refractivity contribution is 8.26. The fourth-order valence-electron chi connectivity index (χ4n) is 3.54. The third-order valence-electron chi connectivity index (χ3n) is 5.39. The van der Waals surface area contributed by atoms with Crippen LogP contribution < -0.4 is 14.8 Å². The minimum Gasteiger partial charge on any atom is -0.493 e. The Labute approximate surface area is 234 Å². The predicted octanol–water partition coefficient (Wildman–Crippen LogP) is 6.46. The van der Waals surface area contributed by atoms with Crippen molar-refractivity contribution in [3.63, 3.8) is 0 Å². The molecule has 3 aromatic rings. The van der Waals surface area contributed by atoms with E-state index in [2.05, 4.69) is 5.32 Å². The summed E-state index contributed by atoms with van der Waals surface area (Å²) in [6.07, 6.45) is 2.49. The minimum atomic E-state index is -0.394. The quantitative estimate of drug-likeness (QED) is 0.234. The third-order valence-corrected chi connectivity index (χ3v) is 7.32. The van der Waals surface area contributed by atoms with Crippen molar-refractivity contribution in [3.8, 4) is 11.5 Å². The van der Waals surface area contributed by atoms with Crippen LogP contribution in [0.1, 0.15) is 11.1 Å². The van der Waals surface area contributed by atoms with Gasteiger partial charge in [-0.3, -0.25) is 14.5 Å². The van der Waals surface area contributed by atoms with Gasteiger partial charge in [0.25, 0.3) is 11.8 Å². The summed E-state index contributed by atoms with van der Waals surface area (Å²) in [5.41, 5.74) is 2.32. The van der Waals surface area contributed by atoms with Gasteiger partial charge in [0.05, 0.1) is 22.7 Å². The van der Waals surface area contributed by atoms with Crippen molar-refractivity contribution in [2.45, 2.75) is 6.42 Å². The van der Waals surface area contributed by atoms with E-state index in [1.807, 2.05) is 30.3 Å². The Kier molecular flexibility index (Phi) is 9.10. The molecule has 2 amide bonds. The van der Waals surface area contributed by atoms with Gasteiger partial charge in [-0.25, -0.2) is 0 Å². The van der Waals surface area contributed by atoms with Crippen molar-refractivity contribution in [2.24, 2.45) is 0 Å². The maximum atomic E-state index is 13.0. The molecule has 0 unspecified atom stereocenters. The largest absolute Gasteiger partial charge is 0.493 e. The molecule has 1 aliphatic rings. The zero-order valence-corrected chi connectivity index (χ0v) is 22.8. The van der Waals surface area contributed by atoms with Gasteiger partial charge in [-0.05, 0) is 54.0 Å². The molecule has 3 aromatic carbocycles. The predicted molar refractivity (Wildman–Crippen MR) is 154 cm³/mol. The monoisotopic (exact) mass is 572 g/mol. The molecule has 190 valence electrons. The summed E-state index contributed by atoms with van der Waals surface area (Å²) in [7, 11) is 1.50. The molecular weight excluding hydrogens is 551 g/mol. The Hall–Kier alpha value is -3.04. The number of thioether (sulfide) groups is 1. The van der Waals surface area contributed by atoms with Crippen molar-refractivity contribution in [1.29, 1.82) is 0 Å². The van der Waals surface area contributed by atoms with E-state index in [4.69, 9.17) is 44.9 Å². The first-order chi connectivity index (χ1) is 17.8. The summed E-state index contributed by atoms with van der Waals surface area (Å²) in [5, 5.41) is 3.47. The molecule has 37 heavy (non-hydrogen) atoms. The van der Waals surface area contributed by atoms with Crippen LogP contribution in [-0.2, 0) is 16.0 Å². The molecule has 0 spiro atoms. The van der Waals surface area contributed by atoms with Gasteiger partial charge in [0.15, 0.2) is 18.1 Å². The molecule has 1 fully saturated rings. The highest BCUT2D eigenvalue weighted by Gasteiger charge is 2.31. The van der Waals surface area contributed by atoms with E-state index in [1.165, 1.54) is 18.9 Å². The fraction of sp³-hybridized carbons (Fsp3) is 0.148. The van der Waals surface area contributed by atoms with E-state index in [9.17, 15) is 9.59 Å². The number of ether oxygens (including phenoxy) is 2. The van der Waals surface area contributed by atoms with Gasteiger partial charge in [-0.1, -0.05) is 83.6 Å². The van der Waals surface area contributed by atoms with Crippen molar-refractivity contribution in [3.05, 3.63) is 92.8 Å². The molecule has 0 saturated carbocycles. The third kappa shape index (κ3) is 7.05. The molecule has 6 nitrogen and oxygen atoms in total. The lowest BCUT2D eigenvalue weighted by molar-refractivity contribution is -0.122. The van der Waals surface area contributed by atoms with Gasteiger partial charge in [0, 0.05) is 11.6 Å². The van der Waals surface area contributed by atoms with Crippen LogP contribution in [0.2, 0.25) is 10.0 Å². The topological polar surface area (TPSA) is 67.9 Å². The Bertz CT molecular complexity index is 1370. The number of anilines is 1. The lowest BCUT2D eigenvalue weighted by Gasteiger charge is -2.14. The van der Waals surface area contributed by atoms with Gasteiger partial charge in [0.2, 0.25) is 0 Å². The van der Waals surface area contributed by atoms with Crippen LogP contribution in [0, 0.1) is 0 Å².